The van der Waals surface area contributed by atoms with E-state index in [2.05, 4.69) is 20.9 Å². The lowest BCUT2D eigenvalue weighted by Gasteiger charge is -2.17. The van der Waals surface area contributed by atoms with Crippen molar-refractivity contribution < 1.29 is 9.53 Å². The van der Waals surface area contributed by atoms with Gasteiger partial charge in [-0.2, -0.15) is 0 Å². The quantitative estimate of drug-likeness (QED) is 0.745. The maximum atomic E-state index is 12.1. The first-order valence-corrected chi connectivity index (χ1v) is 8.68. The zero-order valence-electron chi connectivity index (χ0n) is 14.3. The van der Waals surface area contributed by atoms with Crippen LogP contribution in [0.5, 0.6) is 0 Å². The third-order valence-corrected chi connectivity index (χ3v) is 4.70. The number of fused-ring (bicyclic) bond motifs is 3. The van der Waals surface area contributed by atoms with Crippen molar-refractivity contribution in [1.82, 2.24) is 14.9 Å². The molecule has 0 aliphatic carbocycles. The van der Waals surface area contributed by atoms with Crippen molar-refractivity contribution in [2.45, 2.75) is 26.4 Å². The second-order valence-electron chi connectivity index (χ2n) is 6.25. The van der Waals surface area contributed by atoms with Crippen molar-refractivity contribution >= 4 is 16.9 Å². The minimum atomic E-state index is -0.262. The summed E-state index contributed by atoms with van der Waals surface area (Å²) in [5.74, 6) is -0.262. The van der Waals surface area contributed by atoms with Crippen LogP contribution in [0.15, 0.2) is 42.7 Å². The van der Waals surface area contributed by atoms with Crippen LogP contribution < -0.4 is 5.32 Å². The molecule has 2 aromatic heterocycles. The predicted octanol–water partition coefficient (Wildman–Crippen LogP) is 2.91. The van der Waals surface area contributed by atoms with Gasteiger partial charge in [0.25, 0.3) is 0 Å². The van der Waals surface area contributed by atoms with E-state index in [0.717, 1.165) is 37.0 Å². The standard InChI is InChI=1S/C20H21N3O2/c1-2-25-20(24)15-5-6-18-16(10-15)17-12-22-9-7-19(17)23(18)13-14-4-3-8-21-11-14/h3-6,8,10-11,22H,2,7,9,12-13H2,1H3. The van der Waals surface area contributed by atoms with Crippen molar-refractivity contribution in [3.05, 3.63) is 65.1 Å². The Bertz CT molecular complexity index is 916. The van der Waals surface area contributed by atoms with Gasteiger partial charge >= 0.3 is 5.97 Å². The average molecular weight is 335 g/mol. The van der Waals surface area contributed by atoms with Crippen molar-refractivity contribution in [3.8, 4) is 0 Å². The van der Waals surface area contributed by atoms with Crippen LogP contribution in [0.3, 0.4) is 0 Å². The summed E-state index contributed by atoms with van der Waals surface area (Å²) >= 11 is 0. The first-order valence-electron chi connectivity index (χ1n) is 8.68. The molecular weight excluding hydrogens is 314 g/mol. The molecule has 0 fully saturated rings. The van der Waals surface area contributed by atoms with Crippen LogP contribution in [0.25, 0.3) is 10.9 Å². The summed E-state index contributed by atoms with van der Waals surface area (Å²) in [6.45, 7) is 4.81. The van der Waals surface area contributed by atoms with Gasteiger partial charge < -0.3 is 14.6 Å². The van der Waals surface area contributed by atoms with Gasteiger partial charge in [-0.3, -0.25) is 4.98 Å². The highest BCUT2D eigenvalue weighted by Gasteiger charge is 2.21. The van der Waals surface area contributed by atoms with Gasteiger partial charge in [0.1, 0.15) is 0 Å². The lowest BCUT2D eigenvalue weighted by atomic mass is 10.0. The Morgan fingerprint density at radius 1 is 1.36 bits per heavy atom. The smallest absolute Gasteiger partial charge is 0.338 e. The third-order valence-electron chi connectivity index (χ3n) is 4.70. The molecule has 1 aromatic carbocycles. The number of carbonyl (C=O) groups excluding carboxylic acids is 1. The summed E-state index contributed by atoms with van der Waals surface area (Å²) in [6.07, 6.45) is 4.69. The number of pyridine rings is 1. The van der Waals surface area contributed by atoms with Crippen LogP contribution in [0, 0.1) is 0 Å². The molecule has 4 rings (SSSR count). The number of hydrogen-bond donors (Lipinski definition) is 1. The summed E-state index contributed by atoms with van der Waals surface area (Å²) in [7, 11) is 0. The Morgan fingerprint density at radius 3 is 3.08 bits per heavy atom. The van der Waals surface area contributed by atoms with Gasteiger partial charge in [-0.1, -0.05) is 6.07 Å². The lowest BCUT2D eigenvalue weighted by Crippen LogP contribution is -2.24. The van der Waals surface area contributed by atoms with Gasteiger partial charge in [-0.15, -0.1) is 0 Å². The molecule has 25 heavy (non-hydrogen) atoms. The lowest BCUT2D eigenvalue weighted by molar-refractivity contribution is 0.0526. The SMILES string of the molecule is CCOC(=O)c1ccc2c(c1)c1c(n2Cc2cccnc2)CCNC1. The molecule has 0 bridgehead atoms. The molecule has 3 aromatic rings. The molecule has 0 atom stereocenters. The molecule has 0 saturated carbocycles. The zero-order valence-corrected chi connectivity index (χ0v) is 14.3. The number of benzene rings is 1. The largest absolute Gasteiger partial charge is 0.462 e. The third kappa shape index (κ3) is 2.91. The van der Waals surface area contributed by atoms with E-state index < -0.39 is 0 Å². The molecule has 1 aliphatic rings. The second-order valence-corrected chi connectivity index (χ2v) is 6.25. The van der Waals surface area contributed by atoms with Gasteiger partial charge in [0.2, 0.25) is 0 Å². The molecule has 5 nitrogen and oxygen atoms in total. The van der Waals surface area contributed by atoms with Gasteiger partial charge in [-0.05, 0) is 42.3 Å². The van der Waals surface area contributed by atoms with Crippen LogP contribution in [0.2, 0.25) is 0 Å². The van der Waals surface area contributed by atoms with E-state index >= 15 is 0 Å². The summed E-state index contributed by atoms with van der Waals surface area (Å²) in [5.41, 5.74) is 5.58. The number of aromatic nitrogens is 2. The van der Waals surface area contributed by atoms with Crippen molar-refractivity contribution in [3.63, 3.8) is 0 Å². The fraction of sp³-hybridized carbons (Fsp3) is 0.300. The zero-order chi connectivity index (χ0) is 17.2. The Labute approximate surface area is 146 Å². The monoisotopic (exact) mass is 335 g/mol. The van der Waals surface area contributed by atoms with E-state index in [1.807, 2.05) is 37.4 Å². The van der Waals surface area contributed by atoms with Gasteiger partial charge in [-0.25, -0.2) is 4.79 Å². The molecule has 0 unspecified atom stereocenters. The predicted molar refractivity (Wildman–Crippen MR) is 96.6 cm³/mol. The normalized spacial score (nSPS) is 13.6. The minimum absolute atomic E-state index is 0.262. The number of ether oxygens (including phenoxy) is 1. The fourth-order valence-electron chi connectivity index (χ4n) is 3.58. The highest BCUT2D eigenvalue weighted by atomic mass is 16.5. The highest BCUT2D eigenvalue weighted by Crippen LogP contribution is 2.30. The Balaban J connectivity index is 1.83. The second kappa shape index (κ2) is 6.69. The molecule has 1 aliphatic heterocycles. The molecule has 3 heterocycles. The minimum Gasteiger partial charge on any atom is -0.462 e. The molecule has 5 heteroatoms. The Morgan fingerprint density at radius 2 is 2.28 bits per heavy atom. The summed E-state index contributed by atoms with van der Waals surface area (Å²) in [6, 6.07) is 9.93. The van der Waals surface area contributed by atoms with E-state index in [9.17, 15) is 4.79 Å². The Hall–Kier alpha value is -2.66. The highest BCUT2D eigenvalue weighted by molar-refractivity contribution is 5.96. The summed E-state index contributed by atoms with van der Waals surface area (Å²) in [4.78, 5) is 16.3. The molecular formula is C20H21N3O2. The first-order chi connectivity index (χ1) is 12.3. The molecule has 1 N–H and O–H groups in total. The first kappa shape index (κ1) is 15.8. The number of nitrogens with zero attached hydrogens (tertiary/aromatic N) is 2. The van der Waals surface area contributed by atoms with Crippen LogP contribution in [-0.2, 0) is 24.2 Å². The van der Waals surface area contributed by atoms with Crippen LogP contribution in [0.4, 0.5) is 0 Å². The number of nitrogens with one attached hydrogen (secondary N) is 1. The van der Waals surface area contributed by atoms with Crippen molar-refractivity contribution in [2.75, 3.05) is 13.2 Å². The summed E-state index contributed by atoms with van der Waals surface area (Å²) < 4.78 is 7.51. The fourth-order valence-corrected chi connectivity index (χ4v) is 3.58. The van der Waals surface area contributed by atoms with E-state index in [4.69, 9.17) is 4.74 Å². The van der Waals surface area contributed by atoms with E-state index in [0.29, 0.717) is 12.2 Å². The number of esters is 1. The van der Waals surface area contributed by atoms with Crippen molar-refractivity contribution in [1.29, 1.82) is 0 Å². The van der Waals surface area contributed by atoms with E-state index in [1.165, 1.54) is 16.8 Å². The average Bonchev–Trinajstić information content (AvgIpc) is 2.96. The van der Waals surface area contributed by atoms with Gasteiger partial charge in [0.15, 0.2) is 0 Å². The molecule has 128 valence electrons. The topological polar surface area (TPSA) is 56.2 Å². The van der Waals surface area contributed by atoms with Crippen molar-refractivity contribution in [2.24, 2.45) is 0 Å². The van der Waals surface area contributed by atoms with E-state index in [-0.39, 0.29) is 5.97 Å². The van der Waals surface area contributed by atoms with Crippen LogP contribution in [0.1, 0.15) is 34.1 Å². The van der Waals surface area contributed by atoms with Crippen LogP contribution >= 0.6 is 0 Å². The molecule has 0 radical (unpaired) electrons. The van der Waals surface area contributed by atoms with Gasteiger partial charge in [0.05, 0.1) is 12.2 Å². The number of carbonyl (C=O) groups is 1. The van der Waals surface area contributed by atoms with E-state index in [1.54, 1.807) is 6.20 Å². The number of hydrogen-bond acceptors (Lipinski definition) is 4. The van der Waals surface area contributed by atoms with Crippen LogP contribution in [-0.4, -0.2) is 28.7 Å². The molecule has 0 amide bonds. The molecule has 0 spiro atoms. The maximum Gasteiger partial charge on any atom is 0.338 e. The maximum absolute atomic E-state index is 12.1. The number of rotatable bonds is 4. The van der Waals surface area contributed by atoms with Gasteiger partial charge in [0, 0.05) is 55.0 Å². The molecule has 0 saturated heterocycles. The summed E-state index contributed by atoms with van der Waals surface area (Å²) in [5, 5.41) is 4.58. The Kier molecular flexibility index (Phi) is 4.24.